The number of aryl methyl sites for hydroxylation is 1. The summed E-state index contributed by atoms with van der Waals surface area (Å²) in [5.41, 5.74) is -0.296. The van der Waals surface area contributed by atoms with Gasteiger partial charge in [0.05, 0.1) is 5.39 Å². The topological polar surface area (TPSA) is 67.8 Å². The number of nitrogens with one attached hydrogen (secondary N) is 1. The fraction of sp³-hybridized carbons (Fsp3) is 0.364. The first-order valence-electron chi connectivity index (χ1n) is 5.32. The van der Waals surface area contributed by atoms with Crippen molar-refractivity contribution in [1.29, 1.82) is 0 Å². The van der Waals surface area contributed by atoms with Crippen LogP contribution in [0.3, 0.4) is 0 Å². The highest BCUT2D eigenvalue weighted by Crippen LogP contribution is 2.03. The van der Waals surface area contributed by atoms with Crippen molar-refractivity contribution in [2.45, 2.75) is 26.3 Å². The van der Waals surface area contributed by atoms with Crippen molar-refractivity contribution >= 4 is 11.0 Å². The number of nitrogens with zero attached hydrogens (tertiary/aromatic N) is 2. The van der Waals surface area contributed by atoms with E-state index in [9.17, 15) is 9.59 Å². The number of aromatic nitrogens is 3. The van der Waals surface area contributed by atoms with E-state index in [1.54, 1.807) is 18.3 Å². The number of hydrogen-bond donors (Lipinski definition) is 1. The Bertz CT molecular complexity index is 612. The Kier molecular flexibility index (Phi) is 2.85. The molecule has 1 N–H and O–H groups in total. The molecule has 0 spiro atoms. The maximum absolute atomic E-state index is 11.6. The first-order valence-corrected chi connectivity index (χ1v) is 5.32. The molecule has 0 saturated heterocycles. The van der Waals surface area contributed by atoms with E-state index in [1.165, 1.54) is 4.57 Å². The van der Waals surface area contributed by atoms with Gasteiger partial charge in [0.25, 0.3) is 5.56 Å². The SMILES string of the molecule is CCCCn1c(=O)[nH]c(=O)c2cccnc21. The summed E-state index contributed by atoms with van der Waals surface area (Å²) in [6.45, 7) is 2.63. The van der Waals surface area contributed by atoms with Crippen LogP contribution in [-0.2, 0) is 6.54 Å². The molecule has 0 aliphatic carbocycles. The van der Waals surface area contributed by atoms with E-state index in [2.05, 4.69) is 9.97 Å². The first-order chi connectivity index (χ1) is 7.74. The van der Waals surface area contributed by atoms with Gasteiger partial charge in [-0.3, -0.25) is 14.3 Å². The van der Waals surface area contributed by atoms with Crippen LogP contribution in [0.1, 0.15) is 19.8 Å². The average molecular weight is 219 g/mol. The van der Waals surface area contributed by atoms with Crippen LogP contribution in [-0.4, -0.2) is 14.5 Å². The maximum atomic E-state index is 11.6. The van der Waals surface area contributed by atoms with Crippen LogP contribution >= 0.6 is 0 Å². The highest BCUT2D eigenvalue weighted by atomic mass is 16.2. The Morgan fingerprint density at radius 2 is 2.25 bits per heavy atom. The average Bonchev–Trinajstić information content (AvgIpc) is 2.29. The van der Waals surface area contributed by atoms with Crippen LogP contribution < -0.4 is 11.2 Å². The number of rotatable bonds is 3. The minimum atomic E-state index is -0.385. The molecular weight excluding hydrogens is 206 g/mol. The van der Waals surface area contributed by atoms with Crippen LogP contribution in [0.15, 0.2) is 27.9 Å². The molecule has 2 aromatic rings. The maximum Gasteiger partial charge on any atom is 0.329 e. The quantitative estimate of drug-likeness (QED) is 0.833. The van der Waals surface area contributed by atoms with Gasteiger partial charge in [0, 0.05) is 12.7 Å². The third kappa shape index (κ3) is 1.76. The van der Waals surface area contributed by atoms with Gasteiger partial charge in [0.15, 0.2) is 0 Å². The molecule has 84 valence electrons. The minimum Gasteiger partial charge on any atom is -0.278 e. The van der Waals surface area contributed by atoms with Gasteiger partial charge in [-0.2, -0.15) is 0 Å². The van der Waals surface area contributed by atoms with Crippen LogP contribution in [0.4, 0.5) is 0 Å². The van der Waals surface area contributed by atoms with Crippen molar-refractivity contribution in [2.75, 3.05) is 0 Å². The van der Waals surface area contributed by atoms with Gasteiger partial charge in [0.2, 0.25) is 0 Å². The minimum absolute atomic E-state index is 0.374. The van der Waals surface area contributed by atoms with E-state index >= 15 is 0 Å². The summed E-state index contributed by atoms with van der Waals surface area (Å²) in [5.74, 6) is 0. The molecule has 0 bridgehead atoms. The van der Waals surface area contributed by atoms with Gasteiger partial charge in [-0.1, -0.05) is 13.3 Å². The summed E-state index contributed by atoms with van der Waals surface area (Å²) in [5, 5.41) is 0.457. The number of hydrogen-bond acceptors (Lipinski definition) is 3. The molecule has 0 fully saturated rings. The molecule has 5 heteroatoms. The summed E-state index contributed by atoms with van der Waals surface area (Å²) >= 11 is 0. The Morgan fingerprint density at radius 3 is 3.00 bits per heavy atom. The largest absolute Gasteiger partial charge is 0.329 e. The molecule has 0 saturated carbocycles. The Morgan fingerprint density at radius 1 is 1.44 bits per heavy atom. The van der Waals surface area contributed by atoms with Gasteiger partial charge < -0.3 is 0 Å². The zero-order chi connectivity index (χ0) is 11.5. The molecule has 0 aliphatic rings. The number of aromatic amines is 1. The Balaban J connectivity index is 2.72. The van der Waals surface area contributed by atoms with E-state index in [4.69, 9.17) is 0 Å². The predicted octanol–water partition coefficient (Wildman–Crippen LogP) is 0.885. The van der Waals surface area contributed by atoms with Crippen LogP contribution in [0.5, 0.6) is 0 Å². The molecule has 16 heavy (non-hydrogen) atoms. The van der Waals surface area contributed by atoms with Gasteiger partial charge in [-0.05, 0) is 18.6 Å². The molecule has 0 unspecified atom stereocenters. The Hall–Kier alpha value is -1.91. The van der Waals surface area contributed by atoms with Gasteiger partial charge in [0.1, 0.15) is 5.65 Å². The monoisotopic (exact) mass is 219 g/mol. The lowest BCUT2D eigenvalue weighted by atomic mass is 10.3. The second-order valence-corrected chi connectivity index (χ2v) is 3.64. The first kappa shape index (κ1) is 10.6. The smallest absolute Gasteiger partial charge is 0.278 e. The normalized spacial score (nSPS) is 10.8. The molecule has 5 nitrogen and oxygen atoms in total. The zero-order valence-electron chi connectivity index (χ0n) is 9.06. The fourth-order valence-corrected chi connectivity index (χ4v) is 1.64. The summed E-state index contributed by atoms with van der Waals surface area (Å²) in [7, 11) is 0. The van der Waals surface area contributed by atoms with E-state index in [-0.39, 0.29) is 11.2 Å². The highest BCUT2D eigenvalue weighted by molar-refractivity contribution is 5.73. The third-order valence-corrected chi connectivity index (χ3v) is 2.49. The molecule has 2 rings (SSSR count). The van der Waals surface area contributed by atoms with E-state index in [0.717, 1.165) is 12.8 Å². The van der Waals surface area contributed by atoms with Gasteiger partial charge in [-0.15, -0.1) is 0 Å². The van der Waals surface area contributed by atoms with Crippen LogP contribution in [0.25, 0.3) is 11.0 Å². The lowest BCUT2D eigenvalue weighted by Crippen LogP contribution is -2.30. The van der Waals surface area contributed by atoms with E-state index < -0.39 is 0 Å². The zero-order valence-corrected chi connectivity index (χ0v) is 9.06. The van der Waals surface area contributed by atoms with Crippen molar-refractivity contribution in [3.63, 3.8) is 0 Å². The molecule has 0 amide bonds. The summed E-state index contributed by atoms with van der Waals surface area (Å²) in [4.78, 5) is 29.5. The van der Waals surface area contributed by atoms with Crippen LogP contribution in [0.2, 0.25) is 0 Å². The van der Waals surface area contributed by atoms with Crippen molar-refractivity contribution < 1.29 is 0 Å². The lowest BCUT2D eigenvalue weighted by Gasteiger charge is -2.06. The van der Waals surface area contributed by atoms with E-state index in [1.807, 2.05) is 6.92 Å². The van der Waals surface area contributed by atoms with E-state index in [0.29, 0.717) is 17.6 Å². The highest BCUT2D eigenvalue weighted by Gasteiger charge is 2.06. The molecular formula is C11H13N3O2. The summed E-state index contributed by atoms with van der Waals surface area (Å²) < 4.78 is 1.51. The number of fused-ring (bicyclic) bond motifs is 1. The molecule has 2 heterocycles. The summed E-state index contributed by atoms with van der Waals surface area (Å²) in [6.07, 6.45) is 3.46. The molecule has 2 aromatic heterocycles. The molecule has 0 radical (unpaired) electrons. The number of H-pyrrole nitrogens is 1. The number of unbranched alkanes of at least 4 members (excludes halogenated alkanes) is 1. The van der Waals surface area contributed by atoms with Gasteiger partial charge >= 0.3 is 5.69 Å². The molecule has 0 aliphatic heterocycles. The number of pyridine rings is 1. The van der Waals surface area contributed by atoms with Crippen molar-refractivity contribution in [1.82, 2.24) is 14.5 Å². The molecule has 0 aromatic carbocycles. The van der Waals surface area contributed by atoms with Crippen molar-refractivity contribution in [2.24, 2.45) is 0 Å². The third-order valence-electron chi connectivity index (χ3n) is 2.49. The fourth-order valence-electron chi connectivity index (χ4n) is 1.64. The Labute approximate surface area is 91.8 Å². The second-order valence-electron chi connectivity index (χ2n) is 3.64. The van der Waals surface area contributed by atoms with Gasteiger partial charge in [-0.25, -0.2) is 9.78 Å². The van der Waals surface area contributed by atoms with Crippen molar-refractivity contribution in [3.05, 3.63) is 39.2 Å². The van der Waals surface area contributed by atoms with Crippen molar-refractivity contribution in [3.8, 4) is 0 Å². The van der Waals surface area contributed by atoms with Crippen LogP contribution in [0, 0.1) is 0 Å². The molecule has 0 atom stereocenters. The summed E-state index contributed by atoms with van der Waals surface area (Å²) in [6, 6.07) is 3.36. The lowest BCUT2D eigenvalue weighted by molar-refractivity contribution is 0.612. The predicted molar refractivity (Wildman–Crippen MR) is 61.5 cm³/mol. The second kappa shape index (κ2) is 4.30. The standard InChI is InChI=1S/C11H13N3O2/c1-2-3-7-14-9-8(5-4-6-12-9)10(15)13-11(14)16/h4-6H,2-3,7H2,1H3,(H,13,15,16).